The van der Waals surface area contributed by atoms with E-state index in [-0.39, 0.29) is 18.9 Å². The molecule has 0 spiro atoms. The van der Waals surface area contributed by atoms with E-state index in [2.05, 4.69) is 11.9 Å². The van der Waals surface area contributed by atoms with Crippen molar-refractivity contribution in [2.75, 3.05) is 18.5 Å². The van der Waals surface area contributed by atoms with Crippen molar-refractivity contribution in [3.05, 3.63) is 57.9 Å². The Morgan fingerprint density at radius 2 is 2.36 bits per heavy atom. The van der Waals surface area contributed by atoms with Gasteiger partial charge in [-0.05, 0) is 19.4 Å². The number of ether oxygens (including phenoxy) is 2. The number of nitrogens with one attached hydrogen (secondary N) is 1. The van der Waals surface area contributed by atoms with Crippen molar-refractivity contribution in [1.82, 2.24) is 0 Å². The number of esters is 1. The van der Waals surface area contributed by atoms with Crippen LogP contribution in [0.4, 0.5) is 5.69 Å². The summed E-state index contributed by atoms with van der Waals surface area (Å²) >= 11 is 0. The Morgan fingerprint density at radius 3 is 3.00 bits per heavy atom. The molecule has 1 aromatic carbocycles. The Balaban J connectivity index is 2.39. The molecular weight excluding hydrogens is 288 g/mol. The third-order valence-electron chi connectivity index (χ3n) is 3.04. The van der Waals surface area contributed by atoms with Gasteiger partial charge in [0.2, 0.25) is 0 Å². The zero-order valence-corrected chi connectivity index (χ0v) is 12.1. The summed E-state index contributed by atoms with van der Waals surface area (Å²) in [5.74, 6) is -0.373. The van der Waals surface area contributed by atoms with Crippen molar-refractivity contribution in [2.45, 2.75) is 13.3 Å². The number of allylic oxidation sites excluding steroid dienone is 1. The molecule has 1 aliphatic heterocycles. The summed E-state index contributed by atoms with van der Waals surface area (Å²) in [5, 5.41) is 14.0. The number of benzene rings is 1. The number of para-hydroxylation sites is 1. The first-order valence-corrected chi connectivity index (χ1v) is 6.75. The van der Waals surface area contributed by atoms with Crippen LogP contribution in [0.25, 0.3) is 0 Å². The molecule has 116 valence electrons. The first-order chi connectivity index (χ1) is 10.6. The lowest BCUT2D eigenvalue weighted by atomic mass is 10.1. The predicted molar refractivity (Wildman–Crippen MR) is 80.1 cm³/mol. The fraction of sp³-hybridized carbons (Fsp3) is 0.267. The Morgan fingerprint density at radius 1 is 1.59 bits per heavy atom. The van der Waals surface area contributed by atoms with Gasteiger partial charge in [-0.2, -0.15) is 0 Å². The van der Waals surface area contributed by atoms with E-state index >= 15 is 0 Å². The third kappa shape index (κ3) is 3.08. The second kappa shape index (κ2) is 6.75. The van der Waals surface area contributed by atoms with E-state index in [0.717, 1.165) is 5.56 Å². The number of carbonyl (C=O) groups excluding carboxylic acids is 1. The third-order valence-corrected chi connectivity index (χ3v) is 3.04. The number of hydrogen-bond donors (Lipinski definition) is 1. The normalized spacial score (nSPS) is 15.0. The summed E-state index contributed by atoms with van der Waals surface area (Å²) in [6.45, 7) is 5.22. The lowest BCUT2D eigenvalue weighted by Crippen LogP contribution is -2.26. The highest BCUT2D eigenvalue weighted by Gasteiger charge is 2.32. The average Bonchev–Trinajstić information content (AvgIpc) is 2.47. The predicted octanol–water partition coefficient (Wildman–Crippen LogP) is 2.27. The number of carbonyl (C=O) groups is 1. The summed E-state index contributed by atoms with van der Waals surface area (Å²) in [6.07, 6.45) is 2.36. The van der Waals surface area contributed by atoms with Gasteiger partial charge in [0.15, 0.2) is 0 Å². The average molecular weight is 304 g/mol. The van der Waals surface area contributed by atoms with Gasteiger partial charge in [-0.15, -0.1) is 6.58 Å². The summed E-state index contributed by atoms with van der Waals surface area (Å²) in [6, 6.07) is 5.41. The maximum atomic E-state index is 11.7. The molecule has 0 bridgehead atoms. The van der Waals surface area contributed by atoms with E-state index < -0.39 is 16.6 Å². The minimum atomic E-state index is -0.982. The number of hydrogen-bond acceptors (Lipinski definition) is 6. The second-order valence-electron chi connectivity index (χ2n) is 4.51. The molecule has 1 aromatic rings. The van der Waals surface area contributed by atoms with E-state index in [1.54, 1.807) is 25.1 Å². The van der Waals surface area contributed by atoms with Crippen molar-refractivity contribution < 1.29 is 19.2 Å². The molecule has 0 saturated carbocycles. The molecule has 22 heavy (non-hydrogen) atoms. The lowest BCUT2D eigenvalue weighted by molar-refractivity contribution is -0.422. The van der Waals surface area contributed by atoms with Crippen LogP contribution in [0.3, 0.4) is 0 Å². The quantitative estimate of drug-likeness (QED) is 0.295. The molecule has 7 heteroatoms. The van der Waals surface area contributed by atoms with E-state index in [0.29, 0.717) is 17.9 Å². The van der Waals surface area contributed by atoms with Crippen LogP contribution in [-0.2, 0) is 16.0 Å². The van der Waals surface area contributed by atoms with Gasteiger partial charge in [0, 0.05) is 5.56 Å². The van der Waals surface area contributed by atoms with Crippen LogP contribution in [0, 0.1) is 10.1 Å². The summed E-state index contributed by atoms with van der Waals surface area (Å²) in [4.78, 5) is 22.1. The van der Waals surface area contributed by atoms with Gasteiger partial charge in [0.05, 0.1) is 17.2 Å². The van der Waals surface area contributed by atoms with Gasteiger partial charge in [0.25, 0.3) is 0 Å². The van der Waals surface area contributed by atoms with Gasteiger partial charge in [0.1, 0.15) is 18.1 Å². The maximum Gasteiger partial charge on any atom is 0.411 e. The van der Waals surface area contributed by atoms with Crippen molar-refractivity contribution in [3.8, 4) is 5.75 Å². The first kappa shape index (κ1) is 15.6. The minimum absolute atomic E-state index is 0.0599. The standard InChI is InChI=1S/C15H16N2O5/c1-3-6-10-7-5-8-11-14(10)22-9-12(16-11)13(17(19)20)15(18)21-4-2/h3,5,7-8,16H,1,4,6,9H2,2H3. The molecule has 0 aliphatic carbocycles. The smallest absolute Gasteiger partial charge is 0.411 e. The fourth-order valence-electron chi connectivity index (χ4n) is 2.15. The van der Waals surface area contributed by atoms with Crippen molar-refractivity contribution in [2.24, 2.45) is 0 Å². The largest absolute Gasteiger partial charge is 0.485 e. The highest BCUT2D eigenvalue weighted by molar-refractivity contribution is 5.88. The van der Waals surface area contributed by atoms with Gasteiger partial charge < -0.3 is 14.8 Å². The SMILES string of the molecule is C=CCc1cccc2c1OCC(=C(C(=O)OCC)[N+](=O)[O-])N2. The first-order valence-electron chi connectivity index (χ1n) is 6.75. The second-order valence-corrected chi connectivity index (χ2v) is 4.51. The Kier molecular flexibility index (Phi) is 4.77. The van der Waals surface area contributed by atoms with Gasteiger partial charge in [-0.3, -0.25) is 10.1 Å². The van der Waals surface area contributed by atoms with Crippen molar-refractivity contribution >= 4 is 11.7 Å². The Bertz CT molecular complexity index is 651. The topological polar surface area (TPSA) is 90.7 Å². The molecule has 0 saturated heterocycles. The van der Waals surface area contributed by atoms with E-state index in [1.165, 1.54) is 0 Å². The monoisotopic (exact) mass is 304 g/mol. The maximum absolute atomic E-state index is 11.7. The van der Waals surface area contributed by atoms with Crippen molar-refractivity contribution in [3.63, 3.8) is 0 Å². The van der Waals surface area contributed by atoms with Crippen LogP contribution in [0.5, 0.6) is 5.75 Å². The molecule has 1 N–H and O–H groups in total. The van der Waals surface area contributed by atoms with Crippen LogP contribution in [0.15, 0.2) is 42.2 Å². The van der Waals surface area contributed by atoms with E-state index in [9.17, 15) is 14.9 Å². The van der Waals surface area contributed by atoms with Gasteiger partial charge in [-0.25, -0.2) is 4.79 Å². The van der Waals surface area contributed by atoms with Crippen LogP contribution < -0.4 is 10.1 Å². The minimum Gasteiger partial charge on any atom is -0.485 e. The Labute approximate surface area is 127 Å². The summed E-state index contributed by atoms with van der Waals surface area (Å²) in [7, 11) is 0. The van der Waals surface area contributed by atoms with Crippen LogP contribution in [0.1, 0.15) is 12.5 Å². The van der Waals surface area contributed by atoms with Crippen LogP contribution >= 0.6 is 0 Å². The highest BCUT2D eigenvalue weighted by atomic mass is 16.6. The van der Waals surface area contributed by atoms with Crippen LogP contribution in [-0.4, -0.2) is 24.1 Å². The summed E-state index contributed by atoms with van der Waals surface area (Å²) < 4.78 is 10.3. The number of anilines is 1. The molecule has 2 rings (SSSR count). The number of nitrogens with zero attached hydrogens (tertiary/aromatic N) is 1. The number of rotatable bonds is 5. The molecule has 0 aromatic heterocycles. The molecule has 7 nitrogen and oxygen atoms in total. The van der Waals surface area contributed by atoms with E-state index in [1.807, 2.05) is 6.07 Å². The van der Waals surface area contributed by atoms with E-state index in [4.69, 9.17) is 9.47 Å². The molecule has 0 amide bonds. The molecule has 1 aliphatic rings. The number of fused-ring (bicyclic) bond motifs is 1. The fourth-order valence-corrected chi connectivity index (χ4v) is 2.15. The van der Waals surface area contributed by atoms with Gasteiger partial charge >= 0.3 is 11.7 Å². The number of nitro groups is 1. The molecule has 0 radical (unpaired) electrons. The highest BCUT2D eigenvalue weighted by Crippen LogP contribution is 2.34. The molecule has 0 unspecified atom stereocenters. The Hall–Kier alpha value is -2.83. The molecular formula is C15H16N2O5. The zero-order chi connectivity index (χ0) is 16.1. The van der Waals surface area contributed by atoms with Crippen molar-refractivity contribution in [1.29, 1.82) is 0 Å². The van der Waals surface area contributed by atoms with Gasteiger partial charge in [-0.1, -0.05) is 18.2 Å². The summed E-state index contributed by atoms with van der Waals surface area (Å²) in [5.41, 5.74) is 0.926. The molecule has 0 atom stereocenters. The lowest BCUT2D eigenvalue weighted by Gasteiger charge is -2.23. The molecule has 0 fully saturated rings. The zero-order valence-electron chi connectivity index (χ0n) is 12.1. The van der Waals surface area contributed by atoms with Crippen LogP contribution in [0.2, 0.25) is 0 Å². The molecule has 1 heterocycles.